The van der Waals surface area contributed by atoms with Crippen molar-refractivity contribution in [1.82, 2.24) is 24.0 Å². The van der Waals surface area contributed by atoms with Crippen LogP contribution in [0, 0.1) is 0 Å². The van der Waals surface area contributed by atoms with Gasteiger partial charge in [-0.1, -0.05) is 41.9 Å². The van der Waals surface area contributed by atoms with E-state index < -0.39 is 37.7 Å². The molecule has 1 fully saturated rings. The fourth-order valence-electron chi connectivity index (χ4n) is 5.59. The molecule has 1 aromatic heterocycles. The summed E-state index contributed by atoms with van der Waals surface area (Å²) >= 11 is 6.11. The Kier molecular flexibility index (Phi) is 9.00. The van der Waals surface area contributed by atoms with E-state index in [1.165, 1.54) is 4.31 Å². The minimum Gasteiger partial charge on any atom is -0.349 e. The average molecular weight is 624 g/mol. The number of aromatic nitrogens is 1. The number of hydrogen-bond acceptors (Lipinski definition) is 5. The fourth-order valence-corrected chi connectivity index (χ4v) is 7.70. The zero-order valence-electron chi connectivity index (χ0n) is 23.1. The van der Waals surface area contributed by atoms with Crippen LogP contribution in [0.3, 0.4) is 0 Å². The van der Waals surface area contributed by atoms with Crippen LogP contribution >= 0.6 is 11.6 Å². The highest BCUT2D eigenvalue weighted by Gasteiger charge is 2.40. The summed E-state index contributed by atoms with van der Waals surface area (Å²) < 4.78 is 70.4. The summed E-state index contributed by atoms with van der Waals surface area (Å²) in [6.07, 6.45) is -3.03. The van der Waals surface area contributed by atoms with E-state index in [0.29, 0.717) is 30.9 Å². The maximum Gasteiger partial charge on any atom is 0.416 e. The van der Waals surface area contributed by atoms with Crippen LogP contribution in [0.5, 0.6) is 0 Å². The maximum absolute atomic E-state index is 13.8. The van der Waals surface area contributed by atoms with Gasteiger partial charge in [0.15, 0.2) is 0 Å². The summed E-state index contributed by atoms with van der Waals surface area (Å²) in [4.78, 5) is 17.8. The summed E-state index contributed by atoms with van der Waals surface area (Å²) in [6, 6.07) is 14.2. The molecule has 8 nitrogen and oxygen atoms in total. The molecule has 3 aromatic rings. The molecule has 1 saturated heterocycles. The van der Waals surface area contributed by atoms with E-state index >= 15 is 0 Å². The molecule has 2 aromatic carbocycles. The van der Waals surface area contributed by atoms with Crippen LogP contribution in [0.25, 0.3) is 0 Å². The van der Waals surface area contributed by atoms with Crippen molar-refractivity contribution in [3.05, 3.63) is 88.7 Å². The molecule has 3 heterocycles. The van der Waals surface area contributed by atoms with Gasteiger partial charge in [-0.05, 0) is 42.9 Å². The summed E-state index contributed by atoms with van der Waals surface area (Å²) in [5.41, 5.74) is 0.526. The molecule has 42 heavy (non-hydrogen) atoms. The highest BCUT2D eigenvalue weighted by atomic mass is 35.5. The van der Waals surface area contributed by atoms with E-state index in [9.17, 15) is 26.4 Å². The van der Waals surface area contributed by atoms with E-state index in [4.69, 9.17) is 11.6 Å². The highest BCUT2D eigenvalue weighted by molar-refractivity contribution is 7.89. The molecule has 0 spiro atoms. The number of nitrogens with zero attached hydrogens (tertiary/aromatic N) is 4. The first-order valence-electron chi connectivity index (χ1n) is 13.7. The first-order valence-corrected chi connectivity index (χ1v) is 15.5. The molecule has 226 valence electrons. The number of alkyl halides is 3. The van der Waals surface area contributed by atoms with Crippen molar-refractivity contribution in [3.63, 3.8) is 0 Å². The number of amides is 1. The molecule has 2 atom stereocenters. The Morgan fingerprint density at radius 2 is 1.71 bits per heavy atom. The van der Waals surface area contributed by atoms with Gasteiger partial charge in [-0.3, -0.25) is 9.69 Å². The van der Waals surface area contributed by atoms with Gasteiger partial charge >= 0.3 is 6.18 Å². The number of halogens is 4. The van der Waals surface area contributed by atoms with Gasteiger partial charge in [0.2, 0.25) is 15.9 Å². The van der Waals surface area contributed by atoms with Crippen LogP contribution in [-0.2, 0) is 27.5 Å². The van der Waals surface area contributed by atoms with Gasteiger partial charge < -0.3 is 14.8 Å². The molecular weight excluding hydrogens is 591 g/mol. The van der Waals surface area contributed by atoms with Crippen molar-refractivity contribution >= 4 is 27.5 Å². The van der Waals surface area contributed by atoms with Gasteiger partial charge in [0.1, 0.15) is 4.90 Å². The number of rotatable bonds is 8. The second-order valence-electron chi connectivity index (χ2n) is 10.7. The Labute approximate surface area is 248 Å². The number of piperazine rings is 1. The monoisotopic (exact) mass is 623 g/mol. The van der Waals surface area contributed by atoms with E-state index in [1.54, 1.807) is 12.1 Å². The topological polar surface area (TPSA) is 77.9 Å². The summed E-state index contributed by atoms with van der Waals surface area (Å²) in [5.74, 6) is -0.337. The summed E-state index contributed by atoms with van der Waals surface area (Å²) in [7, 11) is -2.28. The molecule has 1 N–H and O–H groups in total. The molecule has 2 aliphatic heterocycles. The molecule has 0 aliphatic carbocycles. The Bertz CT molecular complexity index is 1510. The van der Waals surface area contributed by atoms with E-state index in [1.807, 2.05) is 41.1 Å². The number of carbonyl (C=O) groups excluding carboxylic acids is 1. The van der Waals surface area contributed by atoms with Gasteiger partial charge in [0.25, 0.3) is 0 Å². The fraction of sp³-hybridized carbons (Fsp3) is 0.414. The van der Waals surface area contributed by atoms with E-state index in [0.717, 1.165) is 37.8 Å². The molecule has 0 saturated carbocycles. The molecule has 1 amide bonds. The second kappa shape index (κ2) is 12.4. The summed E-state index contributed by atoms with van der Waals surface area (Å²) in [6.45, 7) is 4.55. The minimum absolute atomic E-state index is 0.0305. The smallest absolute Gasteiger partial charge is 0.349 e. The third-order valence-corrected chi connectivity index (χ3v) is 10.3. The highest BCUT2D eigenvalue weighted by Crippen LogP contribution is 2.38. The Hall–Kier alpha value is -2.90. The van der Waals surface area contributed by atoms with E-state index in [2.05, 4.69) is 22.2 Å². The largest absolute Gasteiger partial charge is 0.416 e. The number of fused-ring (bicyclic) bond motifs is 1. The van der Waals surface area contributed by atoms with Crippen molar-refractivity contribution in [2.24, 2.45) is 0 Å². The first kappa shape index (κ1) is 30.6. The molecule has 0 bridgehead atoms. The van der Waals surface area contributed by atoms with Crippen molar-refractivity contribution in [2.75, 3.05) is 46.3 Å². The quantitative estimate of drug-likeness (QED) is 0.403. The van der Waals surface area contributed by atoms with Crippen LogP contribution < -0.4 is 5.32 Å². The van der Waals surface area contributed by atoms with Gasteiger partial charge in [0.05, 0.1) is 22.7 Å². The summed E-state index contributed by atoms with van der Waals surface area (Å²) in [5, 5.41) is 2.61. The molecule has 2 unspecified atom stereocenters. The van der Waals surface area contributed by atoms with Crippen molar-refractivity contribution in [2.45, 2.75) is 36.1 Å². The normalized spacial score (nSPS) is 19.8. The standard InChI is InChI=1S/C29H33ClF3N5O3S/c1-35-12-14-36(15-13-35)20-24(21-6-3-2-4-7-21)34-28(39)19-26-25-8-5-11-37(25)16-17-38(26)42(40,41)27-10-9-22(18-23(27)30)29(31,32)33/h2-11,18,24,26H,12-17,19-20H2,1H3,(H,34,39). The van der Waals surface area contributed by atoms with Crippen molar-refractivity contribution < 1.29 is 26.4 Å². The average Bonchev–Trinajstić information content (AvgIpc) is 3.43. The van der Waals surface area contributed by atoms with Crippen LogP contribution in [0.15, 0.2) is 71.8 Å². The Balaban J connectivity index is 1.40. The van der Waals surface area contributed by atoms with Crippen LogP contribution in [-0.4, -0.2) is 79.3 Å². The number of hydrogen-bond donors (Lipinski definition) is 1. The number of nitrogens with one attached hydrogen (secondary N) is 1. The van der Waals surface area contributed by atoms with Crippen molar-refractivity contribution in [1.29, 1.82) is 0 Å². The predicted octanol–water partition coefficient (Wildman–Crippen LogP) is 4.40. The zero-order chi connectivity index (χ0) is 30.1. The maximum atomic E-state index is 13.8. The second-order valence-corrected chi connectivity index (χ2v) is 13.0. The van der Waals surface area contributed by atoms with E-state index in [-0.39, 0.29) is 24.9 Å². The number of likely N-dealkylation sites (N-methyl/N-ethyl adjacent to an activating group) is 1. The first-order chi connectivity index (χ1) is 19.9. The molecule has 13 heteroatoms. The molecule has 2 aliphatic rings. The Morgan fingerprint density at radius 3 is 2.38 bits per heavy atom. The SMILES string of the molecule is CN1CCN(CC(NC(=O)CC2c3cccn3CCN2S(=O)(=O)c2ccc(C(F)(F)F)cc2Cl)c2ccccc2)CC1. The van der Waals surface area contributed by atoms with Crippen LogP contribution in [0.1, 0.15) is 35.3 Å². The van der Waals surface area contributed by atoms with Gasteiger partial charge in [-0.2, -0.15) is 17.5 Å². The molecule has 5 rings (SSSR count). The van der Waals surface area contributed by atoms with Crippen molar-refractivity contribution in [3.8, 4) is 0 Å². The lowest BCUT2D eigenvalue weighted by atomic mass is 10.0. The number of benzene rings is 2. The molecule has 0 radical (unpaired) electrons. The lowest BCUT2D eigenvalue weighted by Crippen LogP contribution is -2.48. The number of carbonyl (C=O) groups is 1. The third kappa shape index (κ3) is 6.68. The lowest BCUT2D eigenvalue weighted by Gasteiger charge is -2.37. The zero-order valence-corrected chi connectivity index (χ0v) is 24.7. The molecular formula is C29H33ClF3N5O3S. The Morgan fingerprint density at radius 1 is 1.00 bits per heavy atom. The number of sulfonamides is 1. The van der Waals surface area contributed by atoms with Crippen LogP contribution in [0.4, 0.5) is 13.2 Å². The van der Waals surface area contributed by atoms with Gasteiger partial charge in [0, 0.05) is 64.1 Å². The van der Waals surface area contributed by atoms with Gasteiger partial charge in [-0.25, -0.2) is 8.42 Å². The predicted molar refractivity (Wildman–Crippen MR) is 153 cm³/mol. The van der Waals surface area contributed by atoms with Crippen LogP contribution in [0.2, 0.25) is 5.02 Å². The van der Waals surface area contributed by atoms with Gasteiger partial charge in [-0.15, -0.1) is 0 Å². The minimum atomic E-state index is -4.67. The lowest BCUT2D eigenvalue weighted by molar-refractivity contribution is -0.137. The third-order valence-electron chi connectivity index (χ3n) is 7.91.